The third-order valence-corrected chi connectivity index (χ3v) is 3.36. The van der Waals surface area contributed by atoms with Gasteiger partial charge in [-0.25, -0.2) is 4.39 Å². The van der Waals surface area contributed by atoms with E-state index in [4.69, 9.17) is 4.74 Å². The summed E-state index contributed by atoms with van der Waals surface area (Å²) >= 11 is 0. The largest absolute Gasteiger partial charge is 0.380 e. The highest BCUT2D eigenvalue weighted by atomic mass is 19.1. The first-order chi connectivity index (χ1) is 8.29. The maximum absolute atomic E-state index is 12.8. The third-order valence-electron chi connectivity index (χ3n) is 3.36. The van der Waals surface area contributed by atoms with Crippen molar-refractivity contribution in [3.63, 3.8) is 0 Å². The van der Waals surface area contributed by atoms with Gasteiger partial charge in [-0.15, -0.1) is 0 Å². The van der Waals surface area contributed by atoms with E-state index in [0.29, 0.717) is 12.0 Å². The maximum atomic E-state index is 12.8. The van der Waals surface area contributed by atoms with Crippen LogP contribution in [-0.2, 0) is 4.74 Å². The molecule has 1 fully saturated rings. The van der Waals surface area contributed by atoms with Crippen LogP contribution in [0.2, 0.25) is 0 Å². The van der Waals surface area contributed by atoms with Crippen LogP contribution in [0.5, 0.6) is 0 Å². The first-order valence-corrected chi connectivity index (χ1v) is 6.36. The molecular formula is C14H20FNO. The molecule has 0 atom stereocenters. The molecule has 0 bridgehead atoms. The van der Waals surface area contributed by atoms with Gasteiger partial charge in [0.1, 0.15) is 5.82 Å². The van der Waals surface area contributed by atoms with E-state index in [2.05, 4.69) is 5.32 Å². The number of hydrogen-bond acceptors (Lipinski definition) is 2. The van der Waals surface area contributed by atoms with Gasteiger partial charge >= 0.3 is 0 Å². The predicted octanol–water partition coefficient (Wildman–Crippen LogP) is 2.70. The van der Waals surface area contributed by atoms with Crippen molar-refractivity contribution in [3.05, 3.63) is 35.6 Å². The Morgan fingerprint density at radius 1 is 1.29 bits per heavy atom. The van der Waals surface area contributed by atoms with Gasteiger partial charge in [0.05, 0.1) is 6.61 Å². The van der Waals surface area contributed by atoms with Gasteiger partial charge in [-0.3, -0.25) is 0 Å². The van der Waals surface area contributed by atoms with Crippen molar-refractivity contribution in [1.29, 1.82) is 0 Å². The number of hydrogen-bond donors (Lipinski definition) is 1. The van der Waals surface area contributed by atoms with Crippen LogP contribution < -0.4 is 5.32 Å². The van der Waals surface area contributed by atoms with Gasteiger partial charge in [-0.2, -0.15) is 0 Å². The minimum absolute atomic E-state index is 0.153. The van der Waals surface area contributed by atoms with Crippen LogP contribution in [0.15, 0.2) is 24.3 Å². The summed E-state index contributed by atoms with van der Waals surface area (Å²) in [6, 6.07) is 7.49. The van der Waals surface area contributed by atoms with Gasteiger partial charge in [0.2, 0.25) is 0 Å². The van der Waals surface area contributed by atoms with Crippen molar-refractivity contribution in [2.75, 3.05) is 19.8 Å². The number of halogens is 1. The SMILES string of the molecule is CCOCCNC1CC(c2ccc(F)cc2)C1. The first-order valence-electron chi connectivity index (χ1n) is 6.36. The lowest BCUT2D eigenvalue weighted by atomic mass is 9.76. The molecule has 1 aliphatic carbocycles. The molecule has 0 amide bonds. The molecule has 1 aromatic rings. The lowest BCUT2D eigenvalue weighted by molar-refractivity contribution is 0.141. The van der Waals surface area contributed by atoms with E-state index >= 15 is 0 Å². The van der Waals surface area contributed by atoms with Crippen molar-refractivity contribution >= 4 is 0 Å². The van der Waals surface area contributed by atoms with E-state index in [1.807, 2.05) is 19.1 Å². The average molecular weight is 237 g/mol. The van der Waals surface area contributed by atoms with Crippen molar-refractivity contribution in [2.24, 2.45) is 0 Å². The molecule has 3 heteroatoms. The van der Waals surface area contributed by atoms with E-state index in [0.717, 1.165) is 32.6 Å². The van der Waals surface area contributed by atoms with Crippen LogP contribution >= 0.6 is 0 Å². The smallest absolute Gasteiger partial charge is 0.123 e. The van der Waals surface area contributed by atoms with Gasteiger partial charge in [-0.05, 0) is 43.4 Å². The van der Waals surface area contributed by atoms with E-state index in [1.54, 1.807) is 12.1 Å². The minimum Gasteiger partial charge on any atom is -0.380 e. The van der Waals surface area contributed by atoms with Crippen LogP contribution in [0.3, 0.4) is 0 Å². The number of benzene rings is 1. The second-order valence-corrected chi connectivity index (χ2v) is 4.57. The Morgan fingerprint density at radius 3 is 2.65 bits per heavy atom. The standard InChI is InChI=1S/C14H20FNO/c1-2-17-8-7-16-14-9-12(10-14)11-3-5-13(15)6-4-11/h3-6,12,14,16H,2,7-10H2,1H3. The Balaban J connectivity index is 1.66. The fourth-order valence-electron chi connectivity index (χ4n) is 2.27. The normalized spacial score (nSPS) is 23.4. The quantitative estimate of drug-likeness (QED) is 0.768. The van der Waals surface area contributed by atoms with Crippen molar-refractivity contribution in [1.82, 2.24) is 5.32 Å². The van der Waals surface area contributed by atoms with Crippen molar-refractivity contribution in [3.8, 4) is 0 Å². The van der Waals surface area contributed by atoms with E-state index in [1.165, 1.54) is 5.56 Å². The average Bonchev–Trinajstić information content (AvgIpc) is 2.28. The molecule has 1 aromatic carbocycles. The van der Waals surface area contributed by atoms with Crippen molar-refractivity contribution < 1.29 is 9.13 Å². The van der Waals surface area contributed by atoms with Crippen LogP contribution in [0.1, 0.15) is 31.2 Å². The molecule has 2 rings (SSSR count). The zero-order valence-corrected chi connectivity index (χ0v) is 10.3. The zero-order chi connectivity index (χ0) is 12.1. The molecule has 0 unspecified atom stereocenters. The van der Waals surface area contributed by atoms with Gasteiger partial charge < -0.3 is 10.1 Å². The summed E-state index contributed by atoms with van der Waals surface area (Å²) in [5.74, 6) is 0.444. The molecule has 17 heavy (non-hydrogen) atoms. The summed E-state index contributed by atoms with van der Waals surface area (Å²) in [5, 5.41) is 3.47. The molecule has 1 N–H and O–H groups in total. The molecule has 0 aromatic heterocycles. The molecule has 0 saturated heterocycles. The molecule has 0 radical (unpaired) electrons. The molecular weight excluding hydrogens is 217 g/mol. The Bertz CT molecular complexity index is 333. The van der Waals surface area contributed by atoms with Crippen LogP contribution in [0.4, 0.5) is 4.39 Å². The summed E-state index contributed by atoms with van der Waals surface area (Å²) in [5.41, 5.74) is 1.26. The second-order valence-electron chi connectivity index (χ2n) is 4.57. The summed E-state index contributed by atoms with van der Waals surface area (Å²) in [7, 11) is 0. The molecule has 0 aliphatic heterocycles. The Labute approximate surface area is 102 Å². The fourth-order valence-corrected chi connectivity index (χ4v) is 2.27. The summed E-state index contributed by atoms with van der Waals surface area (Å²) in [6.07, 6.45) is 2.30. The number of nitrogens with one attached hydrogen (secondary N) is 1. The summed E-state index contributed by atoms with van der Waals surface area (Å²) < 4.78 is 18.0. The Morgan fingerprint density at radius 2 is 2.00 bits per heavy atom. The van der Waals surface area contributed by atoms with Crippen LogP contribution in [0, 0.1) is 5.82 Å². The highest BCUT2D eigenvalue weighted by Crippen LogP contribution is 2.36. The van der Waals surface area contributed by atoms with Crippen LogP contribution in [0.25, 0.3) is 0 Å². The minimum atomic E-state index is -0.153. The molecule has 1 aliphatic rings. The monoisotopic (exact) mass is 237 g/mol. The van der Waals surface area contributed by atoms with Crippen molar-refractivity contribution in [2.45, 2.75) is 31.7 Å². The molecule has 0 spiro atoms. The van der Waals surface area contributed by atoms with E-state index in [9.17, 15) is 4.39 Å². The lowest BCUT2D eigenvalue weighted by Gasteiger charge is -2.36. The highest BCUT2D eigenvalue weighted by Gasteiger charge is 2.29. The maximum Gasteiger partial charge on any atom is 0.123 e. The fraction of sp³-hybridized carbons (Fsp3) is 0.571. The number of ether oxygens (including phenoxy) is 1. The Hall–Kier alpha value is -0.930. The first kappa shape index (κ1) is 12.5. The Kier molecular flexibility index (Phi) is 4.51. The van der Waals surface area contributed by atoms with Gasteiger partial charge in [0, 0.05) is 19.2 Å². The second kappa shape index (κ2) is 6.12. The van der Waals surface area contributed by atoms with Crippen LogP contribution in [-0.4, -0.2) is 25.8 Å². The van der Waals surface area contributed by atoms with Gasteiger partial charge in [0.25, 0.3) is 0 Å². The topological polar surface area (TPSA) is 21.3 Å². The predicted molar refractivity (Wildman–Crippen MR) is 66.7 cm³/mol. The summed E-state index contributed by atoms with van der Waals surface area (Å²) in [4.78, 5) is 0. The van der Waals surface area contributed by atoms with Gasteiger partial charge in [0.15, 0.2) is 0 Å². The van der Waals surface area contributed by atoms with Gasteiger partial charge in [-0.1, -0.05) is 12.1 Å². The molecule has 1 saturated carbocycles. The molecule has 0 heterocycles. The highest BCUT2D eigenvalue weighted by molar-refractivity contribution is 5.23. The number of rotatable bonds is 6. The lowest BCUT2D eigenvalue weighted by Crippen LogP contribution is -2.41. The van der Waals surface area contributed by atoms with E-state index < -0.39 is 0 Å². The van der Waals surface area contributed by atoms with E-state index in [-0.39, 0.29) is 5.82 Å². The summed E-state index contributed by atoms with van der Waals surface area (Å²) in [6.45, 7) is 4.50. The zero-order valence-electron chi connectivity index (χ0n) is 10.3. The molecule has 2 nitrogen and oxygen atoms in total. The third kappa shape index (κ3) is 3.51. The molecule has 94 valence electrons.